The van der Waals surface area contributed by atoms with Crippen LogP contribution in [0, 0.1) is 0 Å². The van der Waals surface area contributed by atoms with Gasteiger partial charge in [0.2, 0.25) is 5.91 Å². The molecule has 0 heterocycles. The Balaban J connectivity index is 2.37. The molecule has 0 aromatic heterocycles. The highest BCUT2D eigenvalue weighted by Crippen LogP contribution is 2.18. The number of carbonyl (C=O) groups excluding carboxylic acids is 1. The molecule has 0 bridgehead atoms. The highest BCUT2D eigenvalue weighted by molar-refractivity contribution is 7.80. The van der Waals surface area contributed by atoms with Gasteiger partial charge in [-0.2, -0.15) is 12.6 Å². The molecule has 1 aromatic rings. The van der Waals surface area contributed by atoms with Gasteiger partial charge in [-0.25, -0.2) is 0 Å². The lowest BCUT2D eigenvalue weighted by atomic mass is 9.97. The highest BCUT2D eigenvalue weighted by atomic mass is 32.1. The first kappa shape index (κ1) is 15.1. The van der Waals surface area contributed by atoms with Crippen molar-refractivity contribution >= 4 is 18.5 Å². The Bertz CT molecular complexity index is 361. The van der Waals surface area contributed by atoms with E-state index in [0.29, 0.717) is 24.6 Å². The van der Waals surface area contributed by atoms with Crippen LogP contribution in [-0.4, -0.2) is 18.2 Å². The van der Waals surface area contributed by atoms with Crippen LogP contribution in [-0.2, 0) is 11.2 Å². The Morgan fingerprint density at radius 2 is 2.00 bits per heavy atom. The fourth-order valence-corrected chi connectivity index (χ4v) is 1.99. The van der Waals surface area contributed by atoms with Gasteiger partial charge in [0, 0.05) is 13.0 Å². The summed E-state index contributed by atoms with van der Waals surface area (Å²) in [6.07, 6.45) is 2.55. The Morgan fingerprint density at radius 3 is 2.56 bits per heavy atom. The van der Waals surface area contributed by atoms with Gasteiger partial charge in [0.1, 0.15) is 0 Å². The molecule has 1 atom stereocenters. The number of rotatable bonds is 7. The van der Waals surface area contributed by atoms with Gasteiger partial charge in [-0.05, 0) is 35.6 Å². The second-order valence-corrected chi connectivity index (χ2v) is 5.07. The fourth-order valence-electron chi connectivity index (χ4n) is 1.78. The molecule has 0 aliphatic heterocycles. The average molecular weight is 265 g/mol. The number of thiol groups is 1. The van der Waals surface area contributed by atoms with E-state index in [1.165, 1.54) is 17.5 Å². The van der Waals surface area contributed by atoms with Gasteiger partial charge in [0.15, 0.2) is 0 Å². The van der Waals surface area contributed by atoms with Crippen molar-refractivity contribution in [3.8, 4) is 0 Å². The molecule has 1 unspecified atom stereocenters. The van der Waals surface area contributed by atoms with Crippen molar-refractivity contribution in [3.05, 3.63) is 35.4 Å². The van der Waals surface area contributed by atoms with Crippen molar-refractivity contribution in [2.45, 2.75) is 39.0 Å². The third-order valence-corrected chi connectivity index (χ3v) is 3.46. The summed E-state index contributed by atoms with van der Waals surface area (Å²) in [5.41, 5.74) is 2.66. The second-order valence-electron chi connectivity index (χ2n) is 4.62. The molecule has 1 amide bonds. The lowest BCUT2D eigenvalue weighted by Gasteiger charge is -2.10. The van der Waals surface area contributed by atoms with Gasteiger partial charge < -0.3 is 5.32 Å². The summed E-state index contributed by atoms with van der Waals surface area (Å²) in [6, 6.07) is 8.70. The summed E-state index contributed by atoms with van der Waals surface area (Å²) in [4.78, 5) is 11.3. The molecule has 1 rings (SSSR count). The first-order valence-electron chi connectivity index (χ1n) is 6.63. The van der Waals surface area contributed by atoms with E-state index in [2.05, 4.69) is 56.1 Å². The average Bonchev–Trinajstić information content (AvgIpc) is 2.39. The number of carbonyl (C=O) groups is 1. The van der Waals surface area contributed by atoms with E-state index in [9.17, 15) is 4.79 Å². The summed E-state index contributed by atoms with van der Waals surface area (Å²) >= 11 is 4.03. The molecule has 18 heavy (non-hydrogen) atoms. The molecule has 0 radical (unpaired) electrons. The number of benzene rings is 1. The summed E-state index contributed by atoms with van der Waals surface area (Å²) in [7, 11) is 0. The van der Waals surface area contributed by atoms with E-state index >= 15 is 0 Å². The normalized spacial score (nSPS) is 12.2. The van der Waals surface area contributed by atoms with E-state index in [0.717, 1.165) is 6.42 Å². The summed E-state index contributed by atoms with van der Waals surface area (Å²) in [5.74, 6) is 1.31. The zero-order valence-corrected chi connectivity index (χ0v) is 12.2. The van der Waals surface area contributed by atoms with Gasteiger partial charge in [0.05, 0.1) is 0 Å². The number of hydrogen-bond donors (Lipinski definition) is 2. The van der Waals surface area contributed by atoms with E-state index in [-0.39, 0.29) is 5.91 Å². The molecule has 0 aliphatic rings. The van der Waals surface area contributed by atoms with E-state index < -0.39 is 0 Å². The predicted molar refractivity (Wildman–Crippen MR) is 80.3 cm³/mol. The maximum absolute atomic E-state index is 11.3. The third kappa shape index (κ3) is 5.13. The smallest absolute Gasteiger partial charge is 0.220 e. The van der Waals surface area contributed by atoms with Crippen LogP contribution >= 0.6 is 12.6 Å². The van der Waals surface area contributed by atoms with Crippen molar-refractivity contribution in [1.29, 1.82) is 0 Å². The van der Waals surface area contributed by atoms with E-state index in [1.807, 2.05) is 0 Å². The van der Waals surface area contributed by atoms with Crippen LogP contribution in [0.3, 0.4) is 0 Å². The molecular formula is C15H23NOS. The van der Waals surface area contributed by atoms with Gasteiger partial charge in [-0.3, -0.25) is 4.79 Å². The predicted octanol–water partition coefficient (Wildman–Crippen LogP) is 3.18. The van der Waals surface area contributed by atoms with Crippen LogP contribution in [0.25, 0.3) is 0 Å². The van der Waals surface area contributed by atoms with Gasteiger partial charge in [-0.15, -0.1) is 0 Å². The maximum atomic E-state index is 11.3. The van der Waals surface area contributed by atoms with Gasteiger partial charge >= 0.3 is 0 Å². The van der Waals surface area contributed by atoms with E-state index in [1.54, 1.807) is 0 Å². The first-order valence-corrected chi connectivity index (χ1v) is 7.27. The fraction of sp³-hybridized carbons (Fsp3) is 0.533. The maximum Gasteiger partial charge on any atom is 0.220 e. The minimum atomic E-state index is 0.0845. The van der Waals surface area contributed by atoms with Gasteiger partial charge in [-0.1, -0.05) is 38.1 Å². The van der Waals surface area contributed by atoms with Crippen LogP contribution in [0.15, 0.2) is 24.3 Å². The highest BCUT2D eigenvalue weighted by Gasteiger charge is 2.03. The number of hydrogen-bond acceptors (Lipinski definition) is 2. The van der Waals surface area contributed by atoms with Crippen LogP contribution in [0.5, 0.6) is 0 Å². The minimum Gasteiger partial charge on any atom is -0.356 e. The summed E-state index contributed by atoms with van der Waals surface area (Å²) in [5, 5.41) is 2.89. The van der Waals surface area contributed by atoms with Crippen LogP contribution in [0.1, 0.15) is 43.7 Å². The number of nitrogens with one attached hydrogen (secondary N) is 1. The van der Waals surface area contributed by atoms with Crippen LogP contribution in [0.2, 0.25) is 0 Å². The SMILES string of the molecule is CCC(C)c1ccc(CCNC(=O)CCS)cc1. The third-order valence-electron chi connectivity index (χ3n) is 3.24. The topological polar surface area (TPSA) is 29.1 Å². The molecule has 0 aliphatic carbocycles. The molecule has 0 saturated carbocycles. The first-order chi connectivity index (χ1) is 8.67. The Kier molecular flexibility index (Phi) is 6.88. The summed E-state index contributed by atoms with van der Waals surface area (Å²) < 4.78 is 0. The van der Waals surface area contributed by atoms with Crippen LogP contribution in [0.4, 0.5) is 0 Å². The minimum absolute atomic E-state index is 0.0845. The van der Waals surface area contributed by atoms with Crippen molar-refractivity contribution in [3.63, 3.8) is 0 Å². The van der Waals surface area contributed by atoms with Crippen LogP contribution < -0.4 is 5.32 Å². The van der Waals surface area contributed by atoms with Crippen molar-refractivity contribution < 1.29 is 4.79 Å². The molecule has 2 nitrogen and oxygen atoms in total. The lowest BCUT2D eigenvalue weighted by Crippen LogP contribution is -2.25. The standard InChI is InChI=1S/C15H23NOS/c1-3-12(2)14-6-4-13(5-7-14)8-10-16-15(17)9-11-18/h4-7,12,18H,3,8-11H2,1-2H3,(H,16,17). The van der Waals surface area contributed by atoms with Crippen molar-refractivity contribution in [2.24, 2.45) is 0 Å². The number of amides is 1. The molecule has 0 fully saturated rings. The van der Waals surface area contributed by atoms with Gasteiger partial charge in [0.25, 0.3) is 0 Å². The van der Waals surface area contributed by atoms with Crippen molar-refractivity contribution in [2.75, 3.05) is 12.3 Å². The monoisotopic (exact) mass is 265 g/mol. The Morgan fingerprint density at radius 1 is 1.33 bits per heavy atom. The Labute approximate surface area is 116 Å². The zero-order valence-electron chi connectivity index (χ0n) is 11.3. The van der Waals surface area contributed by atoms with E-state index in [4.69, 9.17) is 0 Å². The molecule has 1 N–H and O–H groups in total. The molecule has 100 valence electrons. The molecule has 0 spiro atoms. The molecule has 0 saturated heterocycles. The zero-order chi connectivity index (χ0) is 13.4. The van der Waals surface area contributed by atoms with Crippen molar-refractivity contribution in [1.82, 2.24) is 5.32 Å². The second kappa shape index (κ2) is 8.20. The molecule has 1 aromatic carbocycles. The summed E-state index contributed by atoms with van der Waals surface area (Å²) in [6.45, 7) is 5.15. The Hall–Kier alpha value is -0.960. The molecular weight excluding hydrogens is 242 g/mol. The quantitative estimate of drug-likeness (QED) is 0.728. The molecule has 3 heteroatoms. The largest absolute Gasteiger partial charge is 0.356 e. The lowest BCUT2D eigenvalue weighted by molar-refractivity contribution is -0.120.